The summed E-state index contributed by atoms with van der Waals surface area (Å²) in [6, 6.07) is 7.41. The van der Waals surface area contributed by atoms with Crippen molar-refractivity contribution in [2.24, 2.45) is 0 Å². The number of hydrogen-bond acceptors (Lipinski definition) is 5. The van der Waals surface area contributed by atoms with Crippen LogP contribution in [-0.2, 0) is 16.3 Å². The van der Waals surface area contributed by atoms with Crippen molar-refractivity contribution >= 4 is 15.7 Å². The van der Waals surface area contributed by atoms with Crippen LogP contribution in [0.25, 0.3) is 11.1 Å². The van der Waals surface area contributed by atoms with Crippen LogP contribution >= 0.6 is 0 Å². The Hall–Kier alpha value is -2.41. The van der Waals surface area contributed by atoms with E-state index in [1.165, 1.54) is 6.20 Å². The second kappa shape index (κ2) is 6.15. The lowest BCUT2D eigenvalue weighted by molar-refractivity contribution is 0.0941. The summed E-state index contributed by atoms with van der Waals surface area (Å²) in [6.45, 7) is 0.698. The van der Waals surface area contributed by atoms with Crippen LogP contribution in [0, 0.1) is 0 Å². The second-order valence-electron chi connectivity index (χ2n) is 6.46. The maximum atomic E-state index is 12.4. The smallest absolute Gasteiger partial charge is 0.253 e. The van der Waals surface area contributed by atoms with E-state index in [1.54, 1.807) is 12.3 Å². The molecule has 0 bridgehead atoms. The number of rotatable bonds is 3. The van der Waals surface area contributed by atoms with Crippen molar-refractivity contribution in [3.63, 3.8) is 0 Å². The van der Waals surface area contributed by atoms with Crippen LogP contribution in [0.2, 0.25) is 0 Å². The molecule has 0 saturated carbocycles. The second-order valence-corrected chi connectivity index (χ2v) is 8.69. The largest absolute Gasteiger partial charge is 0.493 e. The molecule has 7 heteroatoms. The lowest BCUT2D eigenvalue weighted by Crippen LogP contribution is -2.35. The normalized spacial score (nSPS) is 20.7. The van der Waals surface area contributed by atoms with E-state index in [2.05, 4.69) is 16.4 Å². The average Bonchev–Trinajstić information content (AvgIpc) is 3.20. The highest BCUT2D eigenvalue weighted by Crippen LogP contribution is 2.30. The number of carbonyl (C=O) groups excluding carboxylic acids is 1. The summed E-state index contributed by atoms with van der Waals surface area (Å²) in [7, 11) is -3.02. The Morgan fingerprint density at radius 1 is 1.20 bits per heavy atom. The van der Waals surface area contributed by atoms with Gasteiger partial charge in [-0.25, -0.2) is 8.42 Å². The fraction of sp³-hybridized carbons (Fsp3) is 0.333. The maximum Gasteiger partial charge on any atom is 0.253 e. The zero-order valence-corrected chi connectivity index (χ0v) is 14.4. The molecule has 1 amide bonds. The van der Waals surface area contributed by atoms with E-state index in [1.807, 2.05) is 12.1 Å². The van der Waals surface area contributed by atoms with Gasteiger partial charge in [0.2, 0.25) is 0 Å². The van der Waals surface area contributed by atoms with Gasteiger partial charge in [-0.15, -0.1) is 0 Å². The third-order valence-electron chi connectivity index (χ3n) is 4.59. The standard InChI is InChI=1S/C18H18N2O4S/c21-18(20-16-4-6-25(22,23)11-16)15-8-14(9-19-10-15)12-1-2-17-13(7-12)3-5-24-17/h1-2,7-10,16H,3-6,11H2,(H,20,21). The van der Waals surface area contributed by atoms with Crippen LogP contribution in [-0.4, -0.2) is 43.5 Å². The molecule has 4 rings (SSSR count). The number of fused-ring (bicyclic) bond motifs is 1. The van der Waals surface area contributed by atoms with Crippen LogP contribution in [0.1, 0.15) is 22.3 Å². The minimum atomic E-state index is -3.02. The Balaban J connectivity index is 1.54. The van der Waals surface area contributed by atoms with E-state index >= 15 is 0 Å². The third kappa shape index (κ3) is 3.37. The van der Waals surface area contributed by atoms with Gasteiger partial charge in [0.1, 0.15) is 5.75 Å². The molecule has 0 spiro atoms. The molecular weight excluding hydrogens is 340 g/mol. The molecule has 3 heterocycles. The monoisotopic (exact) mass is 358 g/mol. The molecule has 1 fully saturated rings. The number of ether oxygens (including phenoxy) is 1. The van der Waals surface area contributed by atoms with E-state index in [9.17, 15) is 13.2 Å². The first kappa shape index (κ1) is 16.1. The summed E-state index contributed by atoms with van der Waals surface area (Å²) >= 11 is 0. The predicted molar refractivity (Wildman–Crippen MR) is 93.4 cm³/mol. The zero-order chi connectivity index (χ0) is 17.4. The van der Waals surface area contributed by atoms with Gasteiger partial charge >= 0.3 is 0 Å². The number of benzene rings is 1. The summed E-state index contributed by atoms with van der Waals surface area (Å²) in [5, 5.41) is 2.79. The Bertz CT molecular complexity index is 940. The summed E-state index contributed by atoms with van der Waals surface area (Å²) in [6.07, 6.45) is 4.56. The number of hydrogen-bond donors (Lipinski definition) is 1. The van der Waals surface area contributed by atoms with Crippen molar-refractivity contribution in [3.8, 4) is 16.9 Å². The Kier molecular flexibility index (Phi) is 3.95. The molecule has 0 aliphatic carbocycles. The van der Waals surface area contributed by atoms with Crippen LogP contribution in [0.15, 0.2) is 36.7 Å². The number of carbonyl (C=O) groups is 1. The highest BCUT2D eigenvalue weighted by Gasteiger charge is 2.29. The zero-order valence-electron chi connectivity index (χ0n) is 13.6. The minimum Gasteiger partial charge on any atom is -0.493 e. The summed E-state index contributed by atoms with van der Waals surface area (Å²) < 4.78 is 28.5. The van der Waals surface area contributed by atoms with Gasteiger partial charge in [0.05, 0.1) is 23.7 Å². The SMILES string of the molecule is O=C(NC1CCS(=O)(=O)C1)c1cncc(-c2ccc3c(c2)CCO3)c1. The highest BCUT2D eigenvalue weighted by atomic mass is 32.2. The first-order valence-corrected chi connectivity index (χ1v) is 10.0. The van der Waals surface area contributed by atoms with E-state index in [0.29, 0.717) is 18.6 Å². The number of nitrogens with zero attached hydrogens (tertiary/aromatic N) is 1. The van der Waals surface area contributed by atoms with E-state index in [4.69, 9.17) is 4.74 Å². The van der Waals surface area contributed by atoms with Gasteiger partial charge in [-0.05, 0) is 35.7 Å². The fourth-order valence-electron chi connectivity index (χ4n) is 3.27. The number of sulfone groups is 1. The summed E-state index contributed by atoms with van der Waals surface area (Å²) in [5.74, 6) is 0.762. The molecule has 25 heavy (non-hydrogen) atoms. The molecule has 2 aromatic rings. The van der Waals surface area contributed by atoms with E-state index < -0.39 is 9.84 Å². The summed E-state index contributed by atoms with van der Waals surface area (Å²) in [4.78, 5) is 16.6. The van der Waals surface area contributed by atoms with Crippen molar-refractivity contribution in [1.82, 2.24) is 10.3 Å². The third-order valence-corrected chi connectivity index (χ3v) is 6.36. The topological polar surface area (TPSA) is 85.4 Å². The number of pyridine rings is 1. The predicted octanol–water partition coefficient (Wildman–Crippen LogP) is 1.60. The van der Waals surface area contributed by atoms with Gasteiger partial charge < -0.3 is 10.1 Å². The van der Waals surface area contributed by atoms with E-state index in [-0.39, 0.29) is 23.5 Å². The molecule has 0 radical (unpaired) electrons. The molecule has 1 aromatic heterocycles. The van der Waals surface area contributed by atoms with Crippen LogP contribution in [0.5, 0.6) is 5.75 Å². The number of amides is 1. The van der Waals surface area contributed by atoms with Gasteiger partial charge in [0, 0.05) is 30.4 Å². The quantitative estimate of drug-likeness (QED) is 0.901. The molecule has 2 aliphatic heterocycles. The molecule has 2 aliphatic rings. The molecule has 6 nitrogen and oxygen atoms in total. The van der Waals surface area contributed by atoms with Crippen LogP contribution in [0.4, 0.5) is 0 Å². The lowest BCUT2D eigenvalue weighted by Gasteiger charge is -2.11. The first-order valence-electron chi connectivity index (χ1n) is 8.23. The van der Waals surface area contributed by atoms with Crippen LogP contribution in [0.3, 0.4) is 0 Å². The van der Waals surface area contributed by atoms with E-state index in [0.717, 1.165) is 28.9 Å². The van der Waals surface area contributed by atoms with Gasteiger partial charge in [0.15, 0.2) is 9.84 Å². The maximum absolute atomic E-state index is 12.4. The van der Waals surface area contributed by atoms with Crippen molar-refractivity contribution in [1.29, 1.82) is 0 Å². The average molecular weight is 358 g/mol. The molecule has 1 saturated heterocycles. The minimum absolute atomic E-state index is 0.0106. The van der Waals surface area contributed by atoms with Gasteiger partial charge in [-0.2, -0.15) is 0 Å². The van der Waals surface area contributed by atoms with Gasteiger partial charge in [0.25, 0.3) is 5.91 Å². The van der Waals surface area contributed by atoms with Crippen LogP contribution < -0.4 is 10.1 Å². The molecule has 130 valence electrons. The van der Waals surface area contributed by atoms with Gasteiger partial charge in [-0.3, -0.25) is 9.78 Å². The van der Waals surface area contributed by atoms with Gasteiger partial charge in [-0.1, -0.05) is 6.07 Å². The number of aromatic nitrogens is 1. The highest BCUT2D eigenvalue weighted by molar-refractivity contribution is 7.91. The summed E-state index contributed by atoms with van der Waals surface area (Å²) in [5.41, 5.74) is 3.42. The van der Waals surface area contributed by atoms with Crippen molar-refractivity contribution in [2.45, 2.75) is 18.9 Å². The number of nitrogens with one attached hydrogen (secondary N) is 1. The molecule has 1 aromatic carbocycles. The van der Waals surface area contributed by atoms with Crippen molar-refractivity contribution in [3.05, 3.63) is 47.8 Å². The lowest BCUT2D eigenvalue weighted by atomic mass is 10.0. The fourth-order valence-corrected chi connectivity index (χ4v) is 4.94. The first-order chi connectivity index (χ1) is 12.0. The molecule has 1 atom stereocenters. The van der Waals surface area contributed by atoms with Crippen molar-refractivity contribution < 1.29 is 17.9 Å². The van der Waals surface area contributed by atoms with Crippen molar-refractivity contribution in [2.75, 3.05) is 18.1 Å². The Labute approximate surface area is 146 Å². The Morgan fingerprint density at radius 3 is 2.88 bits per heavy atom. The molecular formula is C18H18N2O4S. The molecule has 1 N–H and O–H groups in total. The molecule has 1 unspecified atom stereocenters. The Morgan fingerprint density at radius 2 is 2.08 bits per heavy atom.